The van der Waals surface area contributed by atoms with Crippen molar-refractivity contribution in [3.63, 3.8) is 0 Å². The molecule has 2 N–H and O–H groups in total. The first-order chi connectivity index (χ1) is 8.17. The zero-order valence-electron chi connectivity index (χ0n) is 12.3. The summed E-state index contributed by atoms with van der Waals surface area (Å²) in [6.45, 7) is 7.94. The third kappa shape index (κ3) is 1.13. The van der Waals surface area contributed by atoms with E-state index in [9.17, 15) is 10.2 Å². The van der Waals surface area contributed by atoms with Gasteiger partial charge in [0.2, 0.25) is 0 Å². The van der Waals surface area contributed by atoms with Crippen LogP contribution in [-0.2, 0) is 0 Å². The summed E-state index contributed by atoms with van der Waals surface area (Å²) in [5.41, 5.74) is -1.46. The van der Waals surface area contributed by atoms with Gasteiger partial charge in [0, 0.05) is 10.8 Å². The lowest BCUT2D eigenvalue weighted by atomic mass is 9.47. The Morgan fingerprint density at radius 1 is 0.833 bits per heavy atom. The van der Waals surface area contributed by atoms with E-state index in [-0.39, 0.29) is 10.8 Å². The minimum Gasteiger partial charge on any atom is -0.390 e. The first-order valence-corrected chi connectivity index (χ1v) is 7.61. The van der Waals surface area contributed by atoms with E-state index in [1.807, 2.05) is 27.7 Å². The normalized spacial score (nSPS) is 47.7. The van der Waals surface area contributed by atoms with E-state index in [4.69, 9.17) is 0 Å². The molecule has 104 valence electrons. The fourth-order valence-electron chi connectivity index (χ4n) is 6.81. The van der Waals surface area contributed by atoms with Crippen molar-refractivity contribution < 1.29 is 10.2 Å². The van der Waals surface area contributed by atoms with Crippen molar-refractivity contribution in [2.24, 2.45) is 22.7 Å². The summed E-state index contributed by atoms with van der Waals surface area (Å²) < 4.78 is 0. The number of fused-ring (bicyclic) bond motifs is 5. The Balaban J connectivity index is 2.21. The van der Waals surface area contributed by atoms with E-state index >= 15 is 0 Å². The Hall–Kier alpha value is -0.0800. The largest absolute Gasteiger partial charge is 0.390 e. The average Bonchev–Trinajstić information content (AvgIpc) is 2.85. The highest BCUT2D eigenvalue weighted by atomic mass is 16.3. The van der Waals surface area contributed by atoms with Crippen molar-refractivity contribution in [3.8, 4) is 0 Å². The number of aliphatic hydroxyl groups is 2. The number of hydrogen-bond donors (Lipinski definition) is 2. The fraction of sp³-hybridized carbons (Fsp3) is 1.00. The molecule has 0 aliphatic heterocycles. The highest BCUT2D eigenvalue weighted by Crippen LogP contribution is 2.79. The third-order valence-electron chi connectivity index (χ3n) is 6.95. The van der Waals surface area contributed by atoms with Crippen LogP contribution in [0.5, 0.6) is 0 Å². The Bertz CT molecular complexity index is 328. The van der Waals surface area contributed by atoms with E-state index < -0.39 is 11.2 Å². The van der Waals surface area contributed by atoms with Gasteiger partial charge in [0.1, 0.15) is 0 Å². The summed E-state index contributed by atoms with van der Waals surface area (Å²) in [6, 6.07) is 0. The monoisotopic (exact) mass is 252 g/mol. The van der Waals surface area contributed by atoms with E-state index in [0.29, 0.717) is 11.8 Å². The molecular weight excluding hydrogens is 224 g/mol. The molecule has 18 heavy (non-hydrogen) atoms. The molecule has 2 nitrogen and oxygen atoms in total. The molecule has 0 radical (unpaired) electrons. The summed E-state index contributed by atoms with van der Waals surface area (Å²) in [5.74, 6) is 1.24. The number of hydrogen-bond acceptors (Lipinski definition) is 2. The van der Waals surface area contributed by atoms with Crippen molar-refractivity contribution in [3.05, 3.63) is 0 Å². The molecule has 0 aromatic heterocycles. The lowest BCUT2D eigenvalue weighted by Crippen LogP contribution is -2.63. The van der Waals surface area contributed by atoms with Crippen LogP contribution >= 0.6 is 0 Å². The smallest absolute Gasteiger partial charge is 0.0656 e. The van der Waals surface area contributed by atoms with Gasteiger partial charge in [-0.3, -0.25) is 0 Å². The highest BCUT2D eigenvalue weighted by Gasteiger charge is 2.76. The van der Waals surface area contributed by atoms with Crippen LogP contribution in [0.4, 0.5) is 0 Å². The second-order valence-corrected chi connectivity index (χ2v) is 8.12. The third-order valence-corrected chi connectivity index (χ3v) is 6.95. The zero-order valence-corrected chi connectivity index (χ0v) is 12.3. The summed E-state index contributed by atoms with van der Waals surface area (Å²) >= 11 is 0. The molecule has 4 unspecified atom stereocenters. The van der Waals surface area contributed by atoms with Crippen molar-refractivity contribution >= 4 is 0 Å². The molecule has 4 atom stereocenters. The van der Waals surface area contributed by atoms with E-state index in [1.165, 1.54) is 25.7 Å². The van der Waals surface area contributed by atoms with Crippen LogP contribution in [0.1, 0.15) is 66.2 Å². The van der Waals surface area contributed by atoms with Gasteiger partial charge in [-0.15, -0.1) is 0 Å². The minimum atomic E-state index is -0.677. The molecule has 3 rings (SSSR count). The van der Waals surface area contributed by atoms with Crippen molar-refractivity contribution in [1.82, 2.24) is 0 Å². The van der Waals surface area contributed by atoms with E-state index in [1.54, 1.807) is 0 Å². The van der Waals surface area contributed by atoms with Crippen LogP contribution in [0.15, 0.2) is 0 Å². The lowest BCUT2D eigenvalue weighted by Gasteiger charge is -2.60. The average molecular weight is 252 g/mol. The maximum Gasteiger partial charge on any atom is 0.0656 e. The molecule has 3 aliphatic rings. The molecule has 2 heteroatoms. The van der Waals surface area contributed by atoms with E-state index in [0.717, 1.165) is 12.8 Å². The molecule has 3 saturated carbocycles. The molecule has 3 fully saturated rings. The van der Waals surface area contributed by atoms with Gasteiger partial charge in [-0.05, 0) is 71.6 Å². The molecule has 0 aromatic carbocycles. The fourth-order valence-corrected chi connectivity index (χ4v) is 6.81. The van der Waals surface area contributed by atoms with Crippen LogP contribution < -0.4 is 0 Å². The van der Waals surface area contributed by atoms with Crippen molar-refractivity contribution in [2.45, 2.75) is 77.4 Å². The Labute approximate surface area is 111 Å². The summed E-state index contributed by atoms with van der Waals surface area (Å²) in [7, 11) is 0. The summed E-state index contributed by atoms with van der Waals surface area (Å²) in [4.78, 5) is 0. The van der Waals surface area contributed by atoms with Crippen LogP contribution in [0.2, 0.25) is 0 Å². The first-order valence-electron chi connectivity index (χ1n) is 7.61. The minimum absolute atomic E-state index is 0.0544. The van der Waals surface area contributed by atoms with Gasteiger partial charge in [-0.2, -0.15) is 0 Å². The van der Waals surface area contributed by atoms with Gasteiger partial charge in [0.25, 0.3) is 0 Å². The SMILES string of the molecule is CC(C)(O)C12CCCC1(C(C)(C)O)C1CCC2C1. The van der Waals surface area contributed by atoms with Gasteiger partial charge in [-0.1, -0.05) is 6.42 Å². The molecule has 0 heterocycles. The van der Waals surface area contributed by atoms with Crippen LogP contribution in [0.25, 0.3) is 0 Å². The van der Waals surface area contributed by atoms with Gasteiger partial charge in [0.05, 0.1) is 11.2 Å². The number of rotatable bonds is 2. The Morgan fingerprint density at radius 2 is 1.22 bits per heavy atom. The van der Waals surface area contributed by atoms with Crippen LogP contribution in [0.3, 0.4) is 0 Å². The molecule has 0 aromatic rings. The molecule has 0 saturated heterocycles. The molecular formula is C16H28O2. The second kappa shape index (κ2) is 3.32. The first kappa shape index (κ1) is 12.9. The second-order valence-electron chi connectivity index (χ2n) is 8.12. The zero-order chi connectivity index (χ0) is 13.4. The van der Waals surface area contributed by atoms with Gasteiger partial charge in [-0.25, -0.2) is 0 Å². The molecule has 0 spiro atoms. The summed E-state index contributed by atoms with van der Waals surface area (Å²) in [5, 5.41) is 21.8. The Kier molecular flexibility index (Phi) is 2.39. The Morgan fingerprint density at radius 3 is 1.56 bits per heavy atom. The molecule has 3 aliphatic carbocycles. The van der Waals surface area contributed by atoms with Crippen LogP contribution in [-0.4, -0.2) is 21.4 Å². The quantitative estimate of drug-likeness (QED) is 0.792. The molecule has 2 bridgehead atoms. The van der Waals surface area contributed by atoms with E-state index in [2.05, 4.69) is 0 Å². The lowest BCUT2D eigenvalue weighted by molar-refractivity contribution is -0.216. The maximum atomic E-state index is 10.9. The topological polar surface area (TPSA) is 40.5 Å². The van der Waals surface area contributed by atoms with Crippen LogP contribution in [0, 0.1) is 22.7 Å². The maximum absolute atomic E-state index is 10.9. The van der Waals surface area contributed by atoms with Gasteiger partial charge in [0.15, 0.2) is 0 Å². The van der Waals surface area contributed by atoms with Crippen molar-refractivity contribution in [1.29, 1.82) is 0 Å². The van der Waals surface area contributed by atoms with Gasteiger partial charge < -0.3 is 10.2 Å². The van der Waals surface area contributed by atoms with Crippen molar-refractivity contribution in [2.75, 3.05) is 0 Å². The highest BCUT2D eigenvalue weighted by molar-refractivity contribution is 5.25. The predicted molar refractivity (Wildman–Crippen MR) is 72.1 cm³/mol. The predicted octanol–water partition coefficient (Wildman–Crippen LogP) is 3.11. The standard InChI is InChI=1S/C16H28O2/c1-13(2,17)15-8-5-9-16(15,14(3,4)18)12-7-6-11(15)10-12/h11-12,17-18H,5-10H2,1-4H3. The summed E-state index contributed by atoms with van der Waals surface area (Å²) in [6.07, 6.45) is 7.11. The molecule has 0 amide bonds. The van der Waals surface area contributed by atoms with Gasteiger partial charge >= 0.3 is 0 Å².